The molecule has 0 aromatic heterocycles. The van der Waals surface area contributed by atoms with Gasteiger partial charge in [0.25, 0.3) is 0 Å². The van der Waals surface area contributed by atoms with Crippen molar-refractivity contribution in [1.29, 1.82) is 0 Å². The van der Waals surface area contributed by atoms with Gasteiger partial charge >= 0.3 is 0 Å². The van der Waals surface area contributed by atoms with Crippen LogP contribution >= 0.6 is 7.34 Å². The lowest BCUT2D eigenvalue weighted by Gasteiger charge is -2.21. The predicted molar refractivity (Wildman–Crippen MR) is 47.6 cm³/mol. The maximum atomic E-state index is 9.16. The fourth-order valence-electron chi connectivity index (χ4n) is 0.333. The Kier molecular flexibility index (Phi) is 3.15. The molecule has 0 fully saturated rings. The number of hydrogen-bond acceptors (Lipinski definition) is 2. The Bertz CT molecular complexity index is 140. The molecule has 0 spiro atoms. The molecule has 0 amide bonds. The summed E-state index contributed by atoms with van der Waals surface area (Å²) >= 11 is 0. The van der Waals surface area contributed by atoms with Crippen LogP contribution in [-0.2, 0) is 4.52 Å². The zero-order valence-electron chi connectivity index (χ0n) is 7.22. The van der Waals surface area contributed by atoms with E-state index in [1.54, 1.807) is 6.66 Å². The standard InChI is InChI=1S/C7H17O2P/c1-7(2,3)6-9-10(4,5)8/h8H,4,6H2,1-3,5H3. The molecule has 0 rings (SSSR count). The Morgan fingerprint density at radius 1 is 1.50 bits per heavy atom. The molecular formula is C7H17O2P. The van der Waals surface area contributed by atoms with E-state index in [2.05, 4.69) is 27.1 Å². The summed E-state index contributed by atoms with van der Waals surface area (Å²) in [7, 11) is -2.26. The SMILES string of the molecule is C=P(C)(O)OCC(C)(C)C. The summed E-state index contributed by atoms with van der Waals surface area (Å²) in [6.45, 7) is 8.38. The number of rotatable bonds is 2. The number of hydrogen-bond donors (Lipinski definition) is 1. The molecule has 62 valence electrons. The van der Waals surface area contributed by atoms with E-state index in [1.807, 2.05) is 0 Å². The van der Waals surface area contributed by atoms with Crippen molar-refractivity contribution >= 4 is 13.6 Å². The smallest absolute Gasteiger partial charge is 0.111 e. The van der Waals surface area contributed by atoms with Crippen LogP contribution in [0.2, 0.25) is 0 Å². The zero-order chi connectivity index (χ0) is 8.41. The Balaban J connectivity index is 3.67. The van der Waals surface area contributed by atoms with Gasteiger partial charge in [0.1, 0.15) is 7.34 Å². The van der Waals surface area contributed by atoms with Crippen LogP contribution in [0.15, 0.2) is 0 Å². The molecule has 1 unspecified atom stereocenters. The summed E-state index contributed by atoms with van der Waals surface area (Å²) in [4.78, 5) is 9.16. The van der Waals surface area contributed by atoms with Gasteiger partial charge in [0.2, 0.25) is 0 Å². The molecule has 0 aromatic carbocycles. The molecule has 0 aliphatic heterocycles. The molecule has 1 N–H and O–H groups in total. The second-order valence-electron chi connectivity index (χ2n) is 3.89. The van der Waals surface area contributed by atoms with Gasteiger partial charge in [-0.15, -0.1) is 0 Å². The van der Waals surface area contributed by atoms with Crippen LogP contribution in [0, 0.1) is 5.41 Å². The van der Waals surface area contributed by atoms with Crippen molar-refractivity contribution in [2.45, 2.75) is 20.8 Å². The summed E-state index contributed by atoms with van der Waals surface area (Å²) in [6, 6.07) is 0. The fourth-order valence-corrected chi connectivity index (χ4v) is 0.998. The van der Waals surface area contributed by atoms with Crippen LogP contribution in [0.1, 0.15) is 20.8 Å². The van der Waals surface area contributed by atoms with Crippen LogP contribution in [0.5, 0.6) is 0 Å². The van der Waals surface area contributed by atoms with E-state index in [1.165, 1.54) is 0 Å². The molecule has 0 aliphatic rings. The molecule has 0 saturated carbocycles. The van der Waals surface area contributed by atoms with E-state index in [0.717, 1.165) is 0 Å². The summed E-state index contributed by atoms with van der Waals surface area (Å²) in [5.74, 6) is 0. The predicted octanol–water partition coefficient (Wildman–Crippen LogP) is 1.95. The van der Waals surface area contributed by atoms with E-state index in [-0.39, 0.29) is 5.41 Å². The molecule has 0 heterocycles. The summed E-state index contributed by atoms with van der Waals surface area (Å²) < 4.78 is 5.15. The maximum absolute atomic E-state index is 9.16. The van der Waals surface area contributed by atoms with Crippen molar-refractivity contribution in [3.63, 3.8) is 0 Å². The van der Waals surface area contributed by atoms with Crippen LogP contribution in [0.3, 0.4) is 0 Å². The van der Waals surface area contributed by atoms with Crippen molar-refractivity contribution in [2.75, 3.05) is 13.3 Å². The lowest BCUT2D eigenvalue weighted by atomic mass is 9.99. The molecular weight excluding hydrogens is 147 g/mol. The molecule has 0 saturated heterocycles. The monoisotopic (exact) mass is 164 g/mol. The zero-order valence-corrected chi connectivity index (χ0v) is 8.11. The third kappa shape index (κ3) is 8.22. The third-order valence-corrected chi connectivity index (χ3v) is 1.46. The molecule has 0 radical (unpaired) electrons. The average Bonchev–Trinajstić information content (AvgIpc) is 1.57. The Hall–Kier alpha value is 0.220. The molecule has 1 atom stereocenters. The van der Waals surface area contributed by atoms with Gasteiger partial charge in [0.15, 0.2) is 0 Å². The molecule has 10 heavy (non-hydrogen) atoms. The highest BCUT2D eigenvalue weighted by Gasteiger charge is 2.13. The summed E-state index contributed by atoms with van der Waals surface area (Å²) in [5.41, 5.74) is 0.113. The van der Waals surface area contributed by atoms with E-state index in [4.69, 9.17) is 9.42 Å². The minimum absolute atomic E-state index is 0.113. The fraction of sp³-hybridized carbons (Fsp3) is 0.857. The normalized spacial score (nSPS) is 18.5. The second-order valence-corrected chi connectivity index (χ2v) is 6.25. The van der Waals surface area contributed by atoms with Crippen LogP contribution < -0.4 is 0 Å². The van der Waals surface area contributed by atoms with Crippen LogP contribution in [0.4, 0.5) is 0 Å². The molecule has 3 heteroatoms. The van der Waals surface area contributed by atoms with E-state index in [9.17, 15) is 0 Å². The summed E-state index contributed by atoms with van der Waals surface area (Å²) in [5, 5.41) is 0. The van der Waals surface area contributed by atoms with Crippen molar-refractivity contribution < 1.29 is 9.42 Å². The minimum atomic E-state index is -2.26. The van der Waals surface area contributed by atoms with Gasteiger partial charge in [-0.2, -0.15) is 0 Å². The second kappa shape index (κ2) is 3.08. The van der Waals surface area contributed by atoms with Gasteiger partial charge in [0, 0.05) is 6.66 Å². The van der Waals surface area contributed by atoms with Crippen molar-refractivity contribution in [1.82, 2.24) is 0 Å². The van der Waals surface area contributed by atoms with Crippen LogP contribution in [-0.4, -0.2) is 24.5 Å². The lowest BCUT2D eigenvalue weighted by molar-refractivity contribution is 0.198. The first-order valence-electron chi connectivity index (χ1n) is 3.29. The molecule has 0 aromatic rings. The highest BCUT2D eigenvalue weighted by atomic mass is 31.2. The summed E-state index contributed by atoms with van der Waals surface area (Å²) in [6.07, 6.45) is 3.52. The Labute approximate surface area is 63.4 Å². The Morgan fingerprint density at radius 2 is 1.90 bits per heavy atom. The van der Waals surface area contributed by atoms with Crippen molar-refractivity contribution in [3.8, 4) is 0 Å². The lowest BCUT2D eigenvalue weighted by Crippen LogP contribution is -2.13. The van der Waals surface area contributed by atoms with Crippen molar-refractivity contribution in [3.05, 3.63) is 0 Å². The Morgan fingerprint density at radius 3 is 2.00 bits per heavy atom. The van der Waals surface area contributed by atoms with Crippen LogP contribution in [0.25, 0.3) is 0 Å². The third-order valence-electron chi connectivity index (χ3n) is 0.776. The van der Waals surface area contributed by atoms with E-state index in [0.29, 0.717) is 6.61 Å². The molecule has 0 bridgehead atoms. The first kappa shape index (κ1) is 10.2. The van der Waals surface area contributed by atoms with Gasteiger partial charge in [-0.1, -0.05) is 27.1 Å². The highest BCUT2D eigenvalue weighted by Crippen LogP contribution is 2.37. The topological polar surface area (TPSA) is 29.5 Å². The van der Waals surface area contributed by atoms with E-state index < -0.39 is 7.34 Å². The maximum Gasteiger partial charge on any atom is 0.111 e. The van der Waals surface area contributed by atoms with Gasteiger partial charge in [0.05, 0.1) is 6.61 Å². The molecule has 0 aliphatic carbocycles. The largest absolute Gasteiger partial charge is 0.353 e. The highest BCUT2D eigenvalue weighted by molar-refractivity contribution is 7.62. The van der Waals surface area contributed by atoms with Crippen molar-refractivity contribution in [2.24, 2.45) is 5.41 Å². The minimum Gasteiger partial charge on any atom is -0.353 e. The van der Waals surface area contributed by atoms with Gasteiger partial charge in [-0.05, 0) is 5.41 Å². The molecule has 2 nitrogen and oxygen atoms in total. The average molecular weight is 164 g/mol. The quantitative estimate of drug-likeness (QED) is 0.632. The van der Waals surface area contributed by atoms with Gasteiger partial charge < -0.3 is 9.42 Å². The first-order valence-corrected chi connectivity index (χ1v) is 5.58. The van der Waals surface area contributed by atoms with E-state index >= 15 is 0 Å². The first-order chi connectivity index (χ1) is 4.21. The van der Waals surface area contributed by atoms with Gasteiger partial charge in [-0.3, -0.25) is 0 Å². The van der Waals surface area contributed by atoms with Gasteiger partial charge in [-0.25, -0.2) is 0 Å².